The van der Waals surface area contributed by atoms with Crippen LogP contribution in [0.4, 0.5) is 0 Å². The number of aromatic nitrogens is 3. The van der Waals surface area contributed by atoms with E-state index in [-0.39, 0.29) is 11.9 Å². The predicted octanol–water partition coefficient (Wildman–Crippen LogP) is 0.816. The number of carbonyl (C=O) groups is 1. The Kier molecular flexibility index (Phi) is 3.50. The van der Waals surface area contributed by atoms with E-state index in [1.54, 1.807) is 17.8 Å². The number of hydrogen-bond donors (Lipinski definition) is 3. The van der Waals surface area contributed by atoms with Crippen molar-refractivity contribution in [1.29, 1.82) is 0 Å². The van der Waals surface area contributed by atoms with Crippen LogP contribution >= 0.6 is 11.3 Å². The molecule has 0 saturated carbocycles. The molecule has 2 aromatic heterocycles. The lowest BCUT2D eigenvalue weighted by atomic mass is 10.2. The van der Waals surface area contributed by atoms with Crippen molar-refractivity contribution in [2.75, 3.05) is 0 Å². The molecule has 7 heteroatoms. The summed E-state index contributed by atoms with van der Waals surface area (Å²) in [5.74, 6) is -0.199. The minimum Gasteiger partial charge on any atom is -0.344 e. The lowest BCUT2D eigenvalue weighted by molar-refractivity contribution is 0.0935. The zero-order valence-electron chi connectivity index (χ0n) is 9.30. The highest BCUT2D eigenvalue weighted by molar-refractivity contribution is 7.09. The molecule has 2 rings (SSSR count). The van der Waals surface area contributed by atoms with Crippen LogP contribution in [0, 0.1) is 0 Å². The van der Waals surface area contributed by atoms with Crippen molar-refractivity contribution in [3.8, 4) is 0 Å². The maximum Gasteiger partial charge on any atom is 0.271 e. The normalized spacial score (nSPS) is 12.4. The number of H-pyrrole nitrogens is 1. The average molecular weight is 251 g/mol. The van der Waals surface area contributed by atoms with E-state index in [2.05, 4.69) is 20.5 Å². The van der Waals surface area contributed by atoms with Gasteiger partial charge >= 0.3 is 0 Å². The van der Waals surface area contributed by atoms with Gasteiger partial charge < -0.3 is 11.1 Å². The van der Waals surface area contributed by atoms with Gasteiger partial charge in [-0.15, -0.1) is 11.3 Å². The van der Waals surface area contributed by atoms with Crippen molar-refractivity contribution in [3.05, 3.63) is 34.0 Å². The first-order valence-electron chi connectivity index (χ1n) is 5.14. The summed E-state index contributed by atoms with van der Waals surface area (Å²) in [5, 5.41) is 11.8. The van der Waals surface area contributed by atoms with Crippen molar-refractivity contribution in [1.82, 2.24) is 20.5 Å². The van der Waals surface area contributed by atoms with E-state index in [0.29, 0.717) is 12.2 Å². The molecule has 0 aliphatic heterocycles. The molecule has 4 N–H and O–H groups in total. The van der Waals surface area contributed by atoms with Crippen LogP contribution in [-0.2, 0) is 6.54 Å². The molecule has 0 radical (unpaired) electrons. The molecular weight excluding hydrogens is 238 g/mol. The molecule has 6 nitrogen and oxygen atoms in total. The van der Waals surface area contributed by atoms with Crippen LogP contribution in [0.25, 0.3) is 0 Å². The summed E-state index contributed by atoms with van der Waals surface area (Å²) in [6, 6.07) is -0.107. The Morgan fingerprint density at radius 3 is 3.12 bits per heavy atom. The van der Waals surface area contributed by atoms with Gasteiger partial charge in [0.15, 0.2) is 0 Å². The third-order valence-corrected chi connectivity index (χ3v) is 3.20. The lowest BCUT2D eigenvalue weighted by Crippen LogP contribution is -2.26. The van der Waals surface area contributed by atoms with E-state index in [4.69, 9.17) is 5.73 Å². The smallest absolute Gasteiger partial charge is 0.271 e. The fourth-order valence-electron chi connectivity index (χ4n) is 1.36. The number of thiazole rings is 1. The second-order valence-corrected chi connectivity index (χ2v) is 4.50. The SMILES string of the molecule is CC(NC(=O)c1csc(CN)n1)c1cn[nH]c1. The quantitative estimate of drug-likeness (QED) is 0.749. The molecule has 1 atom stereocenters. The van der Waals surface area contributed by atoms with E-state index in [0.717, 1.165) is 10.6 Å². The molecular formula is C10H13N5OS. The number of amides is 1. The summed E-state index contributed by atoms with van der Waals surface area (Å²) in [6.07, 6.45) is 3.43. The molecule has 1 amide bonds. The van der Waals surface area contributed by atoms with Crippen molar-refractivity contribution in [3.63, 3.8) is 0 Å². The summed E-state index contributed by atoms with van der Waals surface area (Å²) >= 11 is 1.39. The van der Waals surface area contributed by atoms with E-state index < -0.39 is 0 Å². The number of carbonyl (C=O) groups excluding carboxylic acids is 1. The summed E-state index contributed by atoms with van der Waals surface area (Å²) in [6.45, 7) is 2.24. The first-order valence-corrected chi connectivity index (χ1v) is 6.02. The van der Waals surface area contributed by atoms with Crippen LogP contribution in [0.2, 0.25) is 0 Å². The van der Waals surface area contributed by atoms with Crippen molar-refractivity contribution in [2.45, 2.75) is 19.5 Å². The lowest BCUT2D eigenvalue weighted by Gasteiger charge is -2.10. The molecule has 0 aliphatic rings. The molecule has 0 bridgehead atoms. The fraction of sp³-hybridized carbons (Fsp3) is 0.300. The third kappa shape index (κ3) is 2.69. The fourth-order valence-corrected chi connectivity index (χ4v) is 2.02. The van der Waals surface area contributed by atoms with Crippen LogP contribution in [-0.4, -0.2) is 21.1 Å². The zero-order chi connectivity index (χ0) is 12.3. The third-order valence-electron chi connectivity index (χ3n) is 2.33. The topological polar surface area (TPSA) is 96.7 Å². The Bertz CT molecular complexity index is 493. The Hall–Kier alpha value is -1.73. The van der Waals surface area contributed by atoms with Crippen molar-refractivity contribution >= 4 is 17.2 Å². The van der Waals surface area contributed by atoms with Crippen LogP contribution in [0.1, 0.15) is 34.0 Å². The summed E-state index contributed by atoms with van der Waals surface area (Å²) in [7, 11) is 0. The van der Waals surface area contributed by atoms with Gasteiger partial charge in [0.1, 0.15) is 10.7 Å². The van der Waals surface area contributed by atoms with E-state index in [9.17, 15) is 4.79 Å². The Balaban J connectivity index is 2.01. The van der Waals surface area contributed by atoms with Gasteiger partial charge in [-0.1, -0.05) is 0 Å². The van der Waals surface area contributed by atoms with Gasteiger partial charge in [-0.25, -0.2) is 4.98 Å². The van der Waals surface area contributed by atoms with Crippen LogP contribution in [0.3, 0.4) is 0 Å². The van der Waals surface area contributed by atoms with Gasteiger partial charge in [0.05, 0.1) is 12.2 Å². The van der Waals surface area contributed by atoms with Crippen LogP contribution in [0.5, 0.6) is 0 Å². The summed E-state index contributed by atoms with van der Waals surface area (Å²) in [4.78, 5) is 16.0. The maximum atomic E-state index is 11.8. The number of nitrogens with one attached hydrogen (secondary N) is 2. The Morgan fingerprint density at radius 2 is 2.53 bits per heavy atom. The monoisotopic (exact) mass is 251 g/mol. The molecule has 0 spiro atoms. The number of nitrogens with two attached hydrogens (primary N) is 1. The first-order chi connectivity index (χ1) is 8.20. The number of nitrogens with zero attached hydrogens (tertiary/aromatic N) is 2. The second-order valence-electron chi connectivity index (χ2n) is 3.56. The zero-order valence-corrected chi connectivity index (χ0v) is 10.1. The van der Waals surface area contributed by atoms with E-state index in [1.807, 2.05) is 6.92 Å². The van der Waals surface area contributed by atoms with Crippen LogP contribution in [0.15, 0.2) is 17.8 Å². The molecule has 2 aromatic rings. The summed E-state index contributed by atoms with van der Waals surface area (Å²) in [5.41, 5.74) is 6.78. The minimum absolute atomic E-state index is 0.107. The van der Waals surface area contributed by atoms with Gasteiger partial charge in [-0.05, 0) is 6.92 Å². The summed E-state index contributed by atoms with van der Waals surface area (Å²) < 4.78 is 0. The largest absolute Gasteiger partial charge is 0.344 e. The van der Waals surface area contributed by atoms with Crippen LogP contribution < -0.4 is 11.1 Å². The van der Waals surface area contributed by atoms with E-state index >= 15 is 0 Å². The number of hydrogen-bond acceptors (Lipinski definition) is 5. The highest BCUT2D eigenvalue weighted by Gasteiger charge is 2.14. The van der Waals surface area contributed by atoms with Gasteiger partial charge in [0.25, 0.3) is 5.91 Å². The molecule has 17 heavy (non-hydrogen) atoms. The maximum absolute atomic E-state index is 11.8. The van der Waals surface area contributed by atoms with Crippen molar-refractivity contribution < 1.29 is 4.79 Å². The second kappa shape index (κ2) is 5.07. The van der Waals surface area contributed by atoms with Gasteiger partial charge in [-0.2, -0.15) is 5.10 Å². The minimum atomic E-state index is -0.199. The molecule has 0 aromatic carbocycles. The molecule has 0 aliphatic carbocycles. The number of rotatable bonds is 4. The highest BCUT2D eigenvalue weighted by atomic mass is 32.1. The average Bonchev–Trinajstić information content (AvgIpc) is 3.00. The predicted molar refractivity (Wildman–Crippen MR) is 64.5 cm³/mol. The van der Waals surface area contributed by atoms with Gasteiger partial charge in [0, 0.05) is 23.7 Å². The Labute approximate surface area is 102 Å². The molecule has 2 heterocycles. The molecule has 1 unspecified atom stereocenters. The van der Waals surface area contributed by atoms with Crippen molar-refractivity contribution in [2.24, 2.45) is 5.73 Å². The number of aromatic amines is 1. The van der Waals surface area contributed by atoms with Gasteiger partial charge in [-0.3, -0.25) is 9.89 Å². The first kappa shape index (κ1) is 11.7. The highest BCUT2D eigenvalue weighted by Crippen LogP contribution is 2.12. The molecule has 0 saturated heterocycles. The van der Waals surface area contributed by atoms with Gasteiger partial charge in [0.2, 0.25) is 0 Å². The molecule has 0 fully saturated rings. The molecule has 90 valence electrons. The van der Waals surface area contributed by atoms with E-state index in [1.165, 1.54) is 11.3 Å². The Morgan fingerprint density at radius 1 is 1.71 bits per heavy atom. The standard InChI is InChI=1S/C10H13N5OS/c1-6(7-3-12-13-4-7)14-10(16)8-5-17-9(2-11)15-8/h3-6H,2,11H2,1H3,(H,12,13)(H,14,16).